The Kier molecular flexibility index (Phi) is 4.19. The van der Waals surface area contributed by atoms with Crippen LogP contribution in [0.4, 0.5) is 5.69 Å². The van der Waals surface area contributed by atoms with Crippen molar-refractivity contribution in [2.75, 3.05) is 0 Å². The molecule has 144 valence electrons. The first kappa shape index (κ1) is 18.2. The van der Waals surface area contributed by atoms with Gasteiger partial charge < -0.3 is 9.30 Å². The minimum atomic E-state index is -3.80. The highest BCUT2D eigenvalue weighted by Gasteiger charge is 2.41. The Morgan fingerprint density at radius 1 is 1.18 bits per heavy atom. The summed E-state index contributed by atoms with van der Waals surface area (Å²) >= 11 is 0. The molecule has 0 saturated heterocycles. The Hall–Kier alpha value is -3.20. The second-order valence-corrected chi connectivity index (χ2v) is 8.76. The number of hydrogen-bond donors (Lipinski definition) is 0. The number of ether oxygens (including phenoxy) is 1. The van der Waals surface area contributed by atoms with Crippen molar-refractivity contribution in [3.8, 4) is 0 Å². The summed E-state index contributed by atoms with van der Waals surface area (Å²) < 4.78 is 33.6. The largest absolute Gasteiger partial charge is 0.472 e. The predicted molar refractivity (Wildman–Crippen MR) is 104 cm³/mol. The van der Waals surface area contributed by atoms with Crippen molar-refractivity contribution in [1.29, 1.82) is 0 Å². The lowest BCUT2D eigenvalue weighted by Crippen LogP contribution is -2.24. The fraction of sp³-hybridized carbons (Fsp3) is 0.211. The Balaban J connectivity index is 1.82. The second kappa shape index (κ2) is 6.45. The topological polar surface area (TPSA) is 104 Å². The number of hydrogen-bond acceptors (Lipinski definition) is 6. The molecule has 0 unspecified atom stereocenters. The number of sulfone groups is 1. The van der Waals surface area contributed by atoms with Crippen molar-refractivity contribution >= 4 is 32.8 Å². The molecule has 0 fully saturated rings. The fourth-order valence-corrected chi connectivity index (χ4v) is 4.93. The molecule has 2 heterocycles. The van der Waals surface area contributed by atoms with E-state index in [9.17, 15) is 18.5 Å². The molecule has 0 N–H and O–H groups in total. The summed E-state index contributed by atoms with van der Waals surface area (Å²) in [7, 11) is -2.02. The van der Waals surface area contributed by atoms with Crippen LogP contribution in [-0.4, -0.2) is 29.7 Å². The van der Waals surface area contributed by atoms with Crippen molar-refractivity contribution in [1.82, 2.24) is 4.57 Å². The molecule has 28 heavy (non-hydrogen) atoms. The quantitative estimate of drug-likeness (QED) is 0.495. The summed E-state index contributed by atoms with van der Waals surface area (Å²) in [4.78, 5) is 14.9. The third kappa shape index (κ3) is 2.84. The van der Waals surface area contributed by atoms with E-state index >= 15 is 0 Å². The number of fused-ring (bicyclic) bond motifs is 1. The van der Waals surface area contributed by atoms with Crippen LogP contribution in [0, 0.1) is 17.0 Å². The summed E-state index contributed by atoms with van der Waals surface area (Å²) in [5.41, 5.74) is 2.15. The van der Waals surface area contributed by atoms with Gasteiger partial charge in [-0.05, 0) is 25.1 Å². The molecule has 4 rings (SSSR count). The maximum atomic E-state index is 13.1. The Morgan fingerprint density at radius 3 is 2.57 bits per heavy atom. The van der Waals surface area contributed by atoms with Crippen molar-refractivity contribution in [3.63, 3.8) is 0 Å². The van der Waals surface area contributed by atoms with E-state index in [4.69, 9.17) is 4.74 Å². The summed E-state index contributed by atoms with van der Waals surface area (Å²) in [5, 5.41) is 10.6. The number of nitrogens with zero attached hydrogens (tertiary/aromatic N) is 3. The van der Waals surface area contributed by atoms with Crippen LogP contribution in [0.2, 0.25) is 0 Å². The Labute approximate surface area is 161 Å². The summed E-state index contributed by atoms with van der Waals surface area (Å²) in [6.45, 7) is 1.87. The molecule has 9 heteroatoms. The van der Waals surface area contributed by atoms with E-state index in [-0.39, 0.29) is 10.6 Å². The van der Waals surface area contributed by atoms with Crippen LogP contribution < -0.4 is 0 Å². The number of aliphatic imine (C=N–C) groups is 1. The molecule has 2 aromatic carbocycles. The summed E-state index contributed by atoms with van der Waals surface area (Å²) in [6, 6.07) is 11.0. The van der Waals surface area contributed by atoms with Crippen molar-refractivity contribution in [2.45, 2.75) is 23.3 Å². The number of rotatable bonds is 4. The highest BCUT2D eigenvalue weighted by Crippen LogP contribution is 2.38. The van der Waals surface area contributed by atoms with Gasteiger partial charge in [0, 0.05) is 41.8 Å². The van der Waals surface area contributed by atoms with Crippen LogP contribution in [0.15, 0.2) is 58.5 Å². The first-order valence-corrected chi connectivity index (χ1v) is 10.0. The van der Waals surface area contributed by atoms with Crippen molar-refractivity contribution < 1.29 is 18.1 Å². The van der Waals surface area contributed by atoms with Gasteiger partial charge in [-0.25, -0.2) is 13.4 Å². The molecule has 0 bridgehead atoms. The van der Waals surface area contributed by atoms with Crippen LogP contribution in [-0.2, 0) is 21.6 Å². The third-order valence-electron chi connectivity index (χ3n) is 4.86. The second-order valence-electron chi connectivity index (χ2n) is 6.71. The lowest BCUT2D eigenvalue weighted by atomic mass is 10.1. The fourth-order valence-electron chi connectivity index (χ4n) is 3.39. The van der Waals surface area contributed by atoms with Gasteiger partial charge in [-0.15, -0.1) is 0 Å². The van der Waals surface area contributed by atoms with E-state index in [0.29, 0.717) is 10.9 Å². The normalized spacial score (nSPS) is 19.1. The minimum Gasteiger partial charge on any atom is -0.472 e. The molecular formula is C19H17N3O5S. The molecule has 1 aliphatic heterocycles. The lowest BCUT2D eigenvalue weighted by Gasteiger charge is -2.17. The van der Waals surface area contributed by atoms with Gasteiger partial charge in [-0.3, -0.25) is 10.1 Å². The number of nitro benzene ring substituents is 1. The standard InChI is InChI=1S/C19H17N3O5S/c1-12-3-6-14(7-4-12)28(25,26)19-18(27-11-20-19)16-10-21(2)17-8-5-13(22(23)24)9-15(16)17/h3-11,18-19H,1-2H3/t18-,19-/m0/s1. The Morgan fingerprint density at radius 2 is 1.89 bits per heavy atom. The molecule has 1 aliphatic rings. The highest BCUT2D eigenvalue weighted by atomic mass is 32.2. The van der Waals surface area contributed by atoms with Crippen molar-refractivity contribution in [3.05, 3.63) is 69.9 Å². The minimum absolute atomic E-state index is 0.0724. The monoisotopic (exact) mass is 399 g/mol. The molecule has 0 saturated carbocycles. The van der Waals surface area contributed by atoms with Gasteiger partial charge in [0.05, 0.1) is 9.82 Å². The molecule has 8 nitrogen and oxygen atoms in total. The predicted octanol–water partition coefficient (Wildman–Crippen LogP) is 3.29. The van der Waals surface area contributed by atoms with Gasteiger partial charge >= 0.3 is 0 Å². The van der Waals surface area contributed by atoms with E-state index in [0.717, 1.165) is 17.5 Å². The highest BCUT2D eigenvalue weighted by molar-refractivity contribution is 7.92. The number of aryl methyl sites for hydroxylation is 2. The third-order valence-corrected chi connectivity index (χ3v) is 6.80. The lowest BCUT2D eigenvalue weighted by molar-refractivity contribution is -0.384. The van der Waals surface area contributed by atoms with Gasteiger partial charge in [0.2, 0.25) is 9.84 Å². The maximum Gasteiger partial charge on any atom is 0.270 e. The maximum absolute atomic E-state index is 13.1. The summed E-state index contributed by atoms with van der Waals surface area (Å²) in [6.07, 6.45) is 1.97. The van der Waals surface area contributed by atoms with Gasteiger partial charge in [0.1, 0.15) is 0 Å². The molecular weight excluding hydrogens is 382 g/mol. The zero-order valence-electron chi connectivity index (χ0n) is 15.1. The molecule has 0 radical (unpaired) electrons. The molecule has 0 spiro atoms. The van der Waals surface area contributed by atoms with Crippen LogP contribution >= 0.6 is 0 Å². The van der Waals surface area contributed by atoms with Crippen LogP contribution in [0.3, 0.4) is 0 Å². The van der Waals surface area contributed by atoms with Crippen molar-refractivity contribution in [2.24, 2.45) is 12.0 Å². The van der Waals surface area contributed by atoms with E-state index < -0.39 is 26.2 Å². The first-order chi connectivity index (χ1) is 13.3. The van der Waals surface area contributed by atoms with E-state index in [1.807, 2.05) is 6.92 Å². The van der Waals surface area contributed by atoms with Gasteiger partial charge in [-0.2, -0.15) is 0 Å². The zero-order valence-corrected chi connectivity index (χ0v) is 16.0. The zero-order chi connectivity index (χ0) is 20.1. The molecule has 0 amide bonds. The number of aromatic nitrogens is 1. The van der Waals surface area contributed by atoms with Gasteiger partial charge in [0.25, 0.3) is 5.69 Å². The van der Waals surface area contributed by atoms with E-state index in [1.165, 1.54) is 12.1 Å². The number of nitro groups is 1. The van der Waals surface area contributed by atoms with Gasteiger partial charge in [-0.1, -0.05) is 17.7 Å². The summed E-state index contributed by atoms with van der Waals surface area (Å²) in [5.74, 6) is 0. The molecule has 3 aromatic rings. The smallest absolute Gasteiger partial charge is 0.270 e. The van der Waals surface area contributed by atoms with E-state index in [2.05, 4.69) is 4.99 Å². The Bertz CT molecular complexity index is 1210. The first-order valence-electron chi connectivity index (χ1n) is 8.50. The van der Waals surface area contributed by atoms with Crippen LogP contribution in [0.1, 0.15) is 17.2 Å². The number of benzene rings is 2. The molecule has 2 atom stereocenters. The van der Waals surface area contributed by atoms with E-state index in [1.54, 1.807) is 48.1 Å². The molecule has 0 aliphatic carbocycles. The SMILES string of the molecule is Cc1ccc(S(=O)(=O)[C@@H]2N=CO[C@H]2c2cn(C)c3ccc([N+](=O)[O-])cc23)cc1. The van der Waals surface area contributed by atoms with Gasteiger partial charge in [0.15, 0.2) is 17.9 Å². The van der Waals surface area contributed by atoms with Crippen LogP contribution in [0.25, 0.3) is 10.9 Å². The van der Waals surface area contributed by atoms with Crippen LogP contribution in [0.5, 0.6) is 0 Å². The average molecular weight is 399 g/mol. The molecule has 1 aromatic heterocycles. The number of non-ortho nitro benzene ring substituents is 1. The average Bonchev–Trinajstić information content (AvgIpc) is 3.27.